The van der Waals surface area contributed by atoms with Crippen LogP contribution in [0, 0.1) is 0 Å². The van der Waals surface area contributed by atoms with Crippen molar-refractivity contribution < 1.29 is 17.4 Å². The van der Waals surface area contributed by atoms with Gasteiger partial charge in [-0.15, -0.1) is 0 Å². The number of quaternary nitrogens is 1. The predicted octanol–water partition coefficient (Wildman–Crippen LogP) is 4.75. The molecule has 0 unspecified atom stereocenters. The molecule has 0 aliphatic heterocycles. The fourth-order valence-corrected chi connectivity index (χ4v) is 6.67. The van der Waals surface area contributed by atoms with Gasteiger partial charge in [0.25, 0.3) is 0 Å². The van der Waals surface area contributed by atoms with E-state index in [9.17, 15) is 0 Å². The van der Waals surface area contributed by atoms with Gasteiger partial charge in [-0.2, -0.15) is 0 Å². The SMILES string of the molecule is CCCC[N+](CCCC)(CCCC)[Si](OCC)(OCC)OCC. The molecule has 0 aliphatic rings. The molecule has 0 heterocycles. The largest absolute Gasteiger partial charge is 0.784 e. The molecule has 0 N–H and O–H groups in total. The Balaban J connectivity index is 5.75. The van der Waals surface area contributed by atoms with Crippen LogP contribution in [-0.4, -0.2) is 52.6 Å². The Bertz CT molecular complexity index is 238. The maximum Gasteiger partial charge on any atom is 0.784 e. The van der Waals surface area contributed by atoms with E-state index in [0.717, 1.165) is 23.8 Å². The molecule has 5 heteroatoms. The van der Waals surface area contributed by atoms with Crippen LogP contribution in [0.1, 0.15) is 80.1 Å². The van der Waals surface area contributed by atoms with Gasteiger partial charge in [0.15, 0.2) is 0 Å². The Kier molecular flexibility index (Phi) is 13.4. The maximum atomic E-state index is 6.33. The van der Waals surface area contributed by atoms with Gasteiger partial charge >= 0.3 is 8.97 Å². The Morgan fingerprint density at radius 3 is 1.09 bits per heavy atom. The van der Waals surface area contributed by atoms with Crippen LogP contribution in [0.4, 0.5) is 0 Å². The lowest BCUT2D eigenvalue weighted by atomic mass is 10.2. The van der Waals surface area contributed by atoms with Gasteiger partial charge in [-0.05, 0) is 40.0 Å². The predicted molar refractivity (Wildman–Crippen MR) is 100 cm³/mol. The van der Waals surface area contributed by atoms with Gasteiger partial charge in [-0.1, -0.05) is 40.0 Å². The smallest absolute Gasteiger partial charge is 0.325 e. The lowest BCUT2D eigenvalue weighted by Gasteiger charge is -2.47. The summed E-state index contributed by atoms with van der Waals surface area (Å²) < 4.78 is 19.9. The van der Waals surface area contributed by atoms with Gasteiger partial charge in [0, 0.05) is 19.8 Å². The highest BCUT2D eigenvalue weighted by molar-refractivity contribution is 6.52. The summed E-state index contributed by atoms with van der Waals surface area (Å²) in [5.74, 6) is 0. The number of hydrogen-bond acceptors (Lipinski definition) is 3. The molecule has 0 saturated heterocycles. The van der Waals surface area contributed by atoms with E-state index in [0.29, 0.717) is 19.8 Å². The maximum absolute atomic E-state index is 6.33. The molecule has 0 saturated carbocycles. The highest BCUT2D eigenvalue weighted by Crippen LogP contribution is 2.29. The minimum Gasteiger partial charge on any atom is -0.325 e. The molecule has 0 spiro atoms. The molecule has 0 fully saturated rings. The van der Waals surface area contributed by atoms with Gasteiger partial charge in [0.2, 0.25) is 0 Å². The molecule has 140 valence electrons. The lowest BCUT2D eigenvalue weighted by molar-refractivity contribution is -0.860. The highest BCUT2D eigenvalue weighted by Gasteiger charge is 2.64. The van der Waals surface area contributed by atoms with E-state index in [1.165, 1.54) is 38.5 Å². The van der Waals surface area contributed by atoms with Gasteiger partial charge in [-0.3, -0.25) is 0 Å². The van der Waals surface area contributed by atoms with Crippen LogP contribution in [-0.2, 0) is 13.3 Å². The minimum atomic E-state index is -2.75. The van der Waals surface area contributed by atoms with Gasteiger partial charge in [0.1, 0.15) is 0 Å². The normalized spacial score (nSPS) is 12.8. The topological polar surface area (TPSA) is 27.7 Å². The van der Waals surface area contributed by atoms with Crippen molar-refractivity contribution in [1.29, 1.82) is 0 Å². The number of hydrogen-bond donors (Lipinski definition) is 0. The van der Waals surface area contributed by atoms with Crippen LogP contribution in [0.25, 0.3) is 0 Å². The first kappa shape index (κ1) is 23.1. The standard InChI is InChI=1S/C18H42NO3Si/c1-7-13-16-19(17-14-8-2,18-15-9-3)23(20-10-4,21-11-5)22-12-6/h7-18H2,1-6H3/q+1. The zero-order valence-corrected chi connectivity index (χ0v) is 17.7. The van der Waals surface area contributed by atoms with Crippen molar-refractivity contribution in [2.75, 3.05) is 39.5 Å². The van der Waals surface area contributed by atoms with Crippen LogP contribution in [0.15, 0.2) is 0 Å². The third-order valence-corrected chi connectivity index (χ3v) is 8.17. The molecule has 0 amide bonds. The Morgan fingerprint density at radius 1 is 0.565 bits per heavy atom. The molecule has 0 atom stereocenters. The molecule has 0 aromatic heterocycles. The summed E-state index contributed by atoms with van der Waals surface area (Å²) >= 11 is 0. The molecular weight excluding hydrogens is 306 g/mol. The summed E-state index contributed by atoms with van der Waals surface area (Å²) in [6.45, 7) is 18.3. The molecule has 23 heavy (non-hydrogen) atoms. The third-order valence-electron chi connectivity index (χ3n) is 4.38. The van der Waals surface area contributed by atoms with E-state index in [-0.39, 0.29) is 0 Å². The van der Waals surface area contributed by atoms with Gasteiger partial charge in [0.05, 0.1) is 19.6 Å². The molecule has 0 aromatic carbocycles. The molecular formula is C18H42NO3Si+. The second kappa shape index (κ2) is 13.4. The molecule has 0 bridgehead atoms. The molecule has 0 aliphatic carbocycles. The van der Waals surface area contributed by atoms with Gasteiger partial charge in [-0.25, -0.2) is 0 Å². The van der Waals surface area contributed by atoms with E-state index < -0.39 is 8.97 Å². The summed E-state index contributed by atoms with van der Waals surface area (Å²) in [4.78, 5) is 0. The average molecular weight is 349 g/mol. The summed E-state index contributed by atoms with van der Waals surface area (Å²) in [6.07, 6.45) is 7.22. The van der Waals surface area contributed by atoms with Crippen molar-refractivity contribution in [3.05, 3.63) is 0 Å². The van der Waals surface area contributed by atoms with Crippen molar-refractivity contribution in [1.82, 2.24) is 0 Å². The van der Waals surface area contributed by atoms with E-state index in [1.807, 2.05) is 0 Å². The third kappa shape index (κ3) is 6.82. The first-order chi connectivity index (χ1) is 11.1. The number of rotatable bonds is 16. The highest BCUT2D eigenvalue weighted by atomic mass is 28.4. The van der Waals surface area contributed by atoms with Crippen LogP contribution in [0.5, 0.6) is 0 Å². The van der Waals surface area contributed by atoms with Crippen molar-refractivity contribution in [2.24, 2.45) is 0 Å². The fraction of sp³-hybridized carbons (Fsp3) is 1.00. The fourth-order valence-electron chi connectivity index (χ4n) is 3.21. The lowest BCUT2D eigenvalue weighted by Crippen LogP contribution is -2.74. The van der Waals surface area contributed by atoms with Crippen LogP contribution < -0.4 is 0 Å². The molecule has 0 radical (unpaired) electrons. The van der Waals surface area contributed by atoms with Crippen molar-refractivity contribution >= 4 is 8.97 Å². The van der Waals surface area contributed by atoms with Crippen LogP contribution >= 0.6 is 0 Å². The van der Waals surface area contributed by atoms with Crippen LogP contribution in [0.2, 0.25) is 0 Å². The summed E-state index contributed by atoms with van der Waals surface area (Å²) in [5, 5.41) is 0. The minimum absolute atomic E-state index is 0.663. The van der Waals surface area contributed by atoms with E-state index in [4.69, 9.17) is 13.3 Å². The summed E-state index contributed by atoms with van der Waals surface area (Å²) in [6, 6.07) is 0. The average Bonchev–Trinajstić information content (AvgIpc) is 2.55. The van der Waals surface area contributed by atoms with Gasteiger partial charge < -0.3 is 17.4 Å². The van der Waals surface area contributed by atoms with Crippen LogP contribution in [0.3, 0.4) is 0 Å². The molecule has 0 rings (SSSR count). The zero-order valence-electron chi connectivity index (χ0n) is 16.7. The van der Waals surface area contributed by atoms with E-state index in [1.54, 1.807) is 0 Å². The summed E-state index contributed by atoms with van der Waals surface area (Å²) in [7, 11) is -2.75. The van der Waals surface area contributed by atoms with Crippen molar-refractivity contribution in [3.8, 4) is 0 Å². The second-order valence-electron chi connectivity index (χ2n) is 6.20. The summed E-state index contributed by atoms with van der Waals surface area (Å²) in [5.41, 5.74) is 0. The van der Waals surface area contributed by atoms with E-state index >= 15 is 0 Å². The second-order valence-corrected chi connectivity index (χ2v) is 9.06. The Labute approximate surface area is 146 Å². The Morgan fingerprint density at radius 2 is 0.870 bits per heavy atom. The molecule has 0 aromatic rings. The van der Waals surface area contributed by atoms with Crippen molar-refractivity contribution in [3.63, 3.8) is 0 Å². The zero-order chi connectivity index (χ0) is 17.6. The number of unbranched alkanes of at least 4 members (excludes halogenated alkanes) is 3. The first-order valence-corrected chi connectivity index (χ1v) is 11.6. The number of nitrogens with zero attached hydrogens (tertiary/aromatic N) is 1. The first-order valence-electron chi connectivity index (χ1n) is 9.89. The quantitative estimate of drug-likeness (QED) is 0.377. The monoisotopic (exact) mass is 348 g/mol. The molecule has 4 nitrogen and oxygen atoms in total. The van der Waals surface area contributed by atoms with E-state index in [2.05, 4.69) is 41.5 Å². The Hall–Kier alpha value is 0.0569. The van der Waals surface area contributed by atoms with Crippen molar-refractivity contribution in [2.45, 2.75) is 80.1 Å².